The van der Waals surface area contributed by atoms with E-state index < -0.39 is 15.9 Å². The van der Waals surface area contributed by atoms with Gasteiger partial charge < -0.3 is 5.73 Å². The zero-order valence-corrected chi connectivity index (χ0v) is 14.1. The summed E-state index contributed by atoms with van der Waals surface area (Å²) < 4.78 is 27.2. The van der Waals surface area contributed by atoms with Crippen molar-refractivity contribution in [3.05, 3.63) is 90.5 Å². The molecule has 0 saturated carbocycles. The molecule has 0 heterocycles. The summed E-state index contributed by atoms with van der Waals surface area (Å²) in [6.45, 7) is 0. The molecule has 2 N–H and O–H groups in total. The number of carbonyl (C=O) groups excluding carboxylic acids is 1. The minimum Gasteiger partial charge on any atom is -0.398 e. The molecule has 3 aromatic rings. The molecule has 0 fully saturated rings. The number of nitrogens with zero attached hydrogens (tertiary/aromatic N) is 1. The van der Waals surface area contributed by atoms with E-state index in [-0.39, 0.29) is 21.8 Å². The summed E-state index contributed by atoms with van der Waals surface area (Å²) in [7, 11) is -4.17. The van der Waals surface area contributed by atoms with Crippen LogP contribution in [0.25, 0.3) is 0 Å². The van der Waals surface area contributed by atoms with E-state index >= 15 is 0 Å². The molecular weight excluding hydrogens is 336 g/mol. The third-order valence-corrected chi connectivity index (χ3v) is 5.42. The minimum atomic E-state index is -4.17. The molecule has 6 heteroatoms. The Morgan fingerprint density at radius 1 is 0.760 bits per heavy atom. The fraction of sp³-hybridized carbons (Fsp3) is 0. The summed E-state index contributed by atoms with van der Waals surface area (Å²) in [6, 6.07) is 22.6. The summed E-state index contributed by atoms with van der Waals surface area (Å²) >= 11 is 0. The molecule has 126 valence electrons. The van der Waals surface area contributed by atoms with Crippen LogP contribution in [0.15, 0.2) is 89.8 Å². The average Bonchev–Trinajstić information content (AvgIpc) is 2.63. The Kier molecular flexibility index (Phi) is 4.54. The lowest BCUT2D eigenvalue weighted by Crippen LogP contribution is -2.37. The Hall–Kier alpha value is -3.12. The fourth-order valence-corrected chi connectivity index (χ4v) is 3.98. The van der Waals surface area contributed by atoms with Crippen molar-refractivity contribution in [1.29, 1.82) is 0 Å². The Labute approximate surface area is 146 Å². The van der Waals surface area contributed by atoms with Crippen molar-refractivity contribution < 1.29 is 13.2 Å². The highest BCUT2D eigenvalue weighted by Gasteiger charge is 2.32. The Morgan fingerprint density at radius 2 is 1.28 bits per heavy atom. The van der Waals surface area contributed by atoms with Crippen molar-refractivity contribution in [3.63, 3.8) is 0 Å². The van der Waals surface area contributed by atoms with Crippen molar-refractivity contribution >= 4 is 27.3 Å². The van der Waals surface area contributed by atoms with Crippen LogP contribution in [0, 0.1) is 0 Å². The van der Waals surface area contributed by atoms with Crippen molar-refractivity contribution in [2.24, 2.45) is 0 Å². The predicted molar refractivity (Wildman–Crippen MR) is 97.7 cm³/mol. The van der Waals surface area contributed by atoms with Gasteiger partial charge in [0.1, 0.15) is 4.90 Å². The van der Waals surface area contributed by atoms with E-state index in [1.807, 2.05) is 0 Å². The first kappa shape index (κ1) is 16.7. The van der Waals surface area contributed by atoms with Gasteiger partial charge in [-0.25, -0.2) is 8.42 Å². The number of anilines is 2. The van der Waals surface area contributed by atoms with Crippen LogP contribution in [0.5, 0.6) is 0 Å². The molecule has 0 unspecified atom stereocenters. The highest BCUT2D eigenvalue weighted by Crippen LogP contribution is 2.28. The topological polar surface area (TPSA) is 80.5 Å². The molecule has 3 rings (SSSR count). The molecule has 0 saturated heterocycles. The molecule has 1 amide bonds. The molecule has 0 aromatic heterocycles. The van der Waals surface area contributed by atoms with Crippen molar-refractivity contribution in [1.82, 2.24) is 0 Å². The fourth-order valence-electron chi connectivity index (χ4n) is 2.44. The third kappa shape index (κ3) is 3.25. The number of hydrogen-bond donors (Lipinski definition) is 1. The van der Waals surface area contributed by atoms with Gasteiger partial charge in [-0.05, 0) is 36.4 Å². The van der Waals surface area contributed by atoms with Gasteiger partial charge in [-0.2, -0.15) is 4.31 Å². The highest BCUT2D eigenvalue weighted by atomic mass is 32.2. The summed E-state index contributed by atoms with van der Waals surface area (Å²) in [6.07, 6.45) is 0. The Bertz CT molecular complexity index is 987. The standard InChI is InChI=1S/C19H16N2O3S/c20-17-13-7-8-14-18(17)25(23,24)21(16-11-5-2-6-12-16)19(22)15-9-3-1-4-10-15/h1-14H,20H2. The van der Waals surface area contributed by atoms with Crippen LogP contribution in [-0.4, -0.2) is 14.3 Å². The molecular formula is C19H16N2O3S. The first-order valence-corrected chi connectivity index (χ1v) is 9.00. The van der Waals surface area contributed by atoms with E-state index in [1.54, 1.807) is 72.8 Å². The van der Waals surface area contributed by atoms with E-state index in [1.165, 1.54) is 12.1 Å². The lowest BCUT2D eigenvalue weighted by molar-refractivity contribution is 0.101. The smallest absolute Gasteiger partial charge is 0.273 e. The lowest BCUT2D eigenvalue weighted by atomic mass is 10.2. The Balaban J connectivity index is 2.19. The molecule has 5 nitrogen and oxygen atoms in total. The molecule has 0 aliphatic heterocycles. The van der Waals surface area contributed by atoms with Crippen LogP contribution >= 0.6 is 0 Å². The van der Waals surface area contributed by atoms with E-state index in [0.717, 1.165) is 4.31 Å². The Morgan fingerprint density at radius 3 is 1.88 bits per heavy atom. The molecule has 0 aliphatic rings. The number of benzene rings is 3. The molecule has 0 spiro atoms. The summed E-state index contributed by atoms with van der Waals surface area (Å²) in [5, 5.41) is 0. The van der Waals surface area contributed by atoms with Gasteiger partial charge in [0.15, 0.2) is 0 Å². The molecule has 3 aromatic carbocycles. The number of nitrogens with two attached hydrogens (primary N) is 1. The van der Waals surface area contributed by atoms with E-state index in [9.17, 15) is 13.2 Å². The van der Waals surface area contributed by atoms with Crippen LogP contribution in [0.2, 0.25) is 0 Å². The number of nitrogen functional groups attached to an aromatic ring is 1. The predicted octanol–water partition coefficient (Wildman–Crippen LogP) is 3.30. The third-order valence-electron chi connectivity index (χ3n) is 3.63. The van der Waals surface area contributed by atoms with Gasteiger partial charge in [0.05, 0.1) is 11.4 Å². The second-order valence-electron chi connectivity index (χ2n) is 5.31. The van der Waals surface area contributed by atoms with Crippen molar-refractivity contribution in [3.8, 4) is 0 Å². The molecule has 0 radical (unpaired) electrons. The minimum absolute atomic E-state index is 0.0873. The van der Waals surface area contributed by atoms with Crippen LogP contribution in [0.3, 0.4) is 0 Å². The second-order valence-corrected chi connectivity index (χ2v) is 7.07. The van der Waals surface area contributed by atoms with Gasteiger partial charge in [-0.1, -0.05) is 48.5 Å². The normalized spacial score (nSPS) is 11.0. The van der Waals surface area contributed by atoms with E-state index in [0.29, 0.717) is 0 Å². The first-order chi connectivity index (χ1) is 12.0. The summed E-state index contributed by atoms with van der Waals surface area (Å²) in [4.78, 5) is 12.9. The monoisotopic (exact) mass is 352 g/mol. The highest BCUT2D eigenvalue weighted by molar-refractivity contribution is 7.93. The van der Waals surface area contributed by atoms with Crippen molar-refractivity contribution in [2.75, 3.05) is 10.0 Å². The van der Waals surface area contributed by atoms with Crippen LogP contribution < -0.4 is 10.0 Å². The number of sulfonamides is 1. The van der Waals surface area contributed by atoms with Gasteiger partial charge in [0.25, 0.3) is 15.9 Å². The number of hydrogen-bond acceptors (Lipinski definition) is 4. The maximum absolute atomic E-state index is 13.2. The van der Waals surface area contributed by atoms with Gasteiger partial charge in [0.2, 0.25) is 0 Å². The van der Waals surface area contributed by atoms with Gasteiger partial charge in [-0.3, -0.25) is 4.79 Å². The number of amides is 1. The number of rotatable bonds is 4. The van der Waals surface area contributed by atoms with Crippen LogP contribution in [0.4, 0.5) is 11.4 Å². The quantitative estimate of drug-likeness (QED) is 0.731. The molecule has 0 bridgehead atoms. The zero-order valence-electron chi connectivity index (χ0n) is 13.2. The number of carbonyl (C=O) groups is 1. The number of para-hydroxylation sites is 2. The maximum atomic E-state index is 13.2. The summed E-state index contributed by atoms with van der Waals surface area (Å²) in [5.41, 5.74) is 6.45. The lowest BCUT2D eigenvalue weighted by Gasteiger charge is -2.23. The van der Waals surface area contributed by atoms with Gasteiger partial charge >= 0.3 is 0 Å². The zero-order chi connectivity index (χ0) is 17.9. The van der Waals surface area contributed by atoms with Crippen LogP contribution in [0.1, 0.15) is 10.4 Å². The summed E-state index contributed by atoms with van der Waals surface area (Å²) in [5.74, 6) is -0.643. The second kappa shape index (κ2) is 6.78. The van der Waals surface area contributed by atoms with Gasteiger partial charge in [-0.15, -0.1) is 0 Å². The maximum Gasteiger partial charge on any atom is 0.273 e. The molecule has 0 atom stereocenters. The molecule has 25 heavy (non-hydrogen) atoms. The van der Waals surface area contributed by atoms with E-state index in [2.05, 4.69) is 0 Å². The van der Waals surface area contributed by atoms with Gasteiger partial charge in [0, 0.05) is 5.56 Å². The first-order valence-electron chi connectivity index (χ1n) is 7.56. The largest absolute Gasteiger partial charge is 0.398 e. The van der Waals surface area contributed by atoms with E-state index in [4.69, 9.17) is 5.73 Å². The average molecular weight is 352 g/mol. The van der Waals surface area contributed by atoms with Crippen LogP contribution in [-0.2, 0) is 10.0 Å². The van der Waals surface area contributed by atoms with Crippen molar-refractivity contribution in [2.45, 2.75) is 4.90 Å². The SMILES string of the molecule is Nc1ccccc1S(=O)(=O)N(C(=O)c1ccccc1)c1ccccc1. The molecule has 0 aliphatic carbocycles.